The van der Waals surface area contributed by atoms with Gasteiger partial charge in [-0.3, -0.25) is 4.98 Å². The summed E-state index contributed by atoms with van der Waals surface area (Å²) in [5, 5.41) is 0.0301. The van der Waals surface area contributed by atoms with Crippen LogP contribution in [-0.2, 0) is 4.79 Å². The Bertz CT molecular complexity index is 365. The lowest BCUT2D eigenvalue weighted by Gasteiger charge is -2.07. The standard InChI is InChI=1S/C10H9ClFNO/c11-8-3-10(13-4-9(8)12)7(5-14)6-1-2-6/h3-7H,1-2H2. The Kier molecular flexibility index (Phi) is 2.50. The molecule has 1 atom stereocenters. The highest BCUT2D eigenvalue weighted by Gasteiger charge is 2.33. The monoisotopic (exact) mass is 213 g/mol. The van der Waals surface area contributed by atoms with Gasteiger partial charge in [0.2, 0.25) is 0 Å². The SMILES string of the molecule is O=CC(c1cc(Cl)c(F)cn1)C1CC1. The van der Waals surface area contributed by atoms with Crippen LogP contribution in [0.4, 0.5) is 4.39 Å². The molecule has 14 heavy (non-hydrogen) atoms. The lowest BCUT2D eigenvalue weighted by Crippen LogP contribution is -2.05. The van der Waals surface area contributed by atoms with Crippen molar-refractivity contribution in [3.8, 4) is 0 Å². The van der Waals surface area contributed by atoms with Crippen LogP contribution in [0.2, 0.25) is 5.02 Å². The third kappa shape index (κ3) is 1.77. The van der Waals surface area contributed by atoms with Gasteiger partial charge < -0.3 is 4.79 Å². The Hall–Kier alpha value is -0.960. The Morgan fingerprint density at radius 2 is 2.36 bits per heavy atom. The van der Waals surface area contributed by atoms with Crippen molar-refractivity contribution in [3.05, 3.63) is 28.8 Å². The van der Waals surface area contributed by atoms with E-state index in [0.29, 0.717) is 11.6 Å². The predicted octanol–water partition coefficient (Wildman–Crippen LogP) is 2.57. The van der Waals surface area contributed by atoms with Crippen molar-refractivity contribution in [2.45, 2.75) is 18.8 Å². The second-order valence-electron chi connectivity index (χ2n) is 3.52. The Balaban J connectivity index is 2.29. The fourth-order valence-corrected chi connectivity index (χ4v) is 1.65. The van der Waals surface area contributed by atoms with Gasteiger partial charge in [0.05, 0.1) is 22.8 Å². The minimum Gasteiger partial charge on any atom is -0.303 e. The second-order valence-corrected chi connectivity index (χ2v) is 3.93. The first-order chi connectivity index (χ1) is 6.72. The van der Waals surface area contributed by atoms with Gasteiger partial charge in [0.25, 0.3) is 0 Å². The molecule has 1 fully saturated rings. The van der Waals surface area contributed by atoms with E-state index in [2.05, 4.69) is 4.98 Å². The zero-order valence-electron chi connectivity index (χ0n) is 7.41. The second kappa shape index (κ2) is 3.65. The van der Waals surface area contributed by atoms with Gasteiger partial charge in [-0.25, -0.2) is 4.39 Å². The van der Waals surface area contributed by atoms with Gasteiger partial charge in [0, 0.05) is 0 Å². The van der Waals surface area contributed by atoms with E-state index in [0.717, 1.165) is 25.3 Å². The molecule has 0 aromatic carbocycles. The molecule has 0 aliphatic heterocycles. The number of pyridine rings is 1. The quantitative estimate of drug-likeness (QED) is 0.723. The molecule has 0 spiro atoms. The molecule has 2 rings (SSSR count). The Labute approximate surface area is 86.1 Å². The highest BCUT2D eigenvalue weighted by atomic mass is 35.5. The lowest BCUT2D eigenvalue weighted by molar-refractivity contribution is -0.109. The number of aromatic nitrogens is 1. The zero-order chi connectivity index (χ0) is 10.1. The topological polar surface area (TPSA) is 30.0 Å². The number of carbonyl (C=O) groups is 1. The van der Waals surface area contributed by atoms with E-state index >= 15 is 0 Å². The van der Waals surface area contributed by atoms with Crippen molar-refractivity contribution in [1.29, 1.82) is 0 Å². The molecule has 4 heteroatoms. The van der Waals surface area contributed by atoms with E-state index < -0.39 is 5.82 Å². The number of nitrogens with zero attached hydrogens (tertiary/aromatic N) is 1. The van der Waals surface area contributed by atoms with Crippen molar-refractivity contribution < 1.29 is 9.18 Å². The third-order valence-corrected chi connectivity index (χ3v) is 2.74. The summed E-state index contributed by atoms with van der Waals surface area (Å²) >= 11 is 5.61. The number of rotatable bonds is 3. The van der Waals surface area contributed by atoms with Gasteiger partial charge in [0.1, 0.15) is 6.29 Å². The number of carbonyl (C=O) groups excluding carboxylic acids is 1. The summed E-state index contributed by atoms with van der Waals surface area (Å²) in [6, 6.07) is 1.44. The molecule has 1 aliphatic carbocycles. The highest BCUT2D eigenvalue weighted by Crippen LogP contribution is 2.41. The number of hydrogen-bond acceptors (Lipinski definition) is 2. The molecular formula is C10H9ClFNO. The molecule has 1 saturated carbocycles. The summed E-state index contributed by atoms with van der Waals surface area (Å²) in [6.45, 7) is 0. The summed E-state index contributed by atoms with van der Waals surface area (Å²) in [5.41, 5.74) is 0.578. The molecule has 1 aliphatic rings. The number of hydrogen-bond donors (Lipinski definition) is 0. The van der Waals surface area contributed by atoms with Gasteiger partial charge >= 0.3 is 0 Å². The fraction of sp³-hybridized carbons (Fsp3) is 0.400. The van der Waals surface area contributed by atoms with Gasteiger partial charge in [-0.15, -0.1) is 0 Å². The van der Waals surface area contributed by atoms with Crippen LogP contribution < -0.4 is 0 Å². The summed E-state index contributed by atoms with van der Waals surface area (Å²) < 4.78 is 12.8. The number of aldehydes is 1. The summed E-state index contributed by atoms with van der Waals surface area (Å²) in [6.07, 6.45) is 4.02. The van der Waals surface area contributed by atoms with Gasteiger partial charge in [0.15, 0.2) is 5.82 Å². The van der Waals surface area contributed by atoms with Crippen LogP contribution in [0, 0.1) is 11.7 Å². The molecule has 0 N–H and O–H groups in total. The Morgan fingerprint density at radius 1 is 1.64 bits per heavy atom. The van der Waals surface area contributed by atoms with Crippen LogP contribution in [0.3, 0.4) is 0 Å². The number of halogens is 2. The summed E-state index contributed by atoms with van der Waals surface area (Å²) in [4.78, 5) is 14.7. The fourth-order valence-electron chi connectivity index (χ4n) is 1.49. The van der Waals surface area contributed by atoms with Crippen molar-refractivity contribution in [2.24, 2.45) is 5.92 Å². The van der Waals surface area contributed by atoms with Crippen LogP contribution >= 0.6 is 11.6 Å². The van der Waals surface area contributed by atoms with E-state index in [9.17, 15) is 9.18 Å². The highest BCUT2D eigenvalue weighted by molar-refractivity contribution is 6.30. The molecule has 1 unspecified atom stereocenters. The smallest absolute Gasteiger partial charge is 0.160 e. The molecule has 0 radical (unpaired) electrons. The summed E-state index contributed by atoms with van der Waals surface area (Å²) in [5.74, 6) is -0.384. The Morgan fingerprint density at radius 3 is 2.86 bits per heavy atom. The van der Waals surface area contributed by atoms with E-state index in [-0.39, 0.29) is 10.9 Å². The first kappa shape index (κ1) is 9.59. The van der Waals surface area contributed by atoms with Crippen molar-refractivity contribution in [3.63, 3.8) is 0 Å². The van der Waals surface area contributed by atoms with Crippen LogP contribution in [0.25, 0.3) is 0 Å². The predicted molar refractivity (Wildman–Crippen MR) is 50.7 cm³/mol. The molecular weight excluding hydrogens is 205 g/mol. The third-order valence-electron chi connectivity index (χ3n) is 2.45. The lowest BCUT2D eigenvalue weighted by atomic mass is 10.0. The largest absolute Gasteiger partial charge is 0.303 e. The van der Waals surface area contributed by atoms with E-state index in [4.69, 9.17) is 11.6 Å². The van der Waals surface area contributed by atoms with Crippen molar-refractivity contribution in [2.75, 3.05) is 0 Å². The maximum Gasteiger partial charge on any atom is 0.160 e. The maximum atomic E-state index is 12.8. The van der Waals surface area contributed by atoms with Crippen LogP contribution in [0.1, 0.15) is 24.5 Å². The van der Waals surface area contributed by atoms with E-state index in [1.807, 2.05) is 0 Å². The molecule has 2 nitrogen and oxygen atoms in total. The van der Waals surface area contributed by atoms with E-state index in [1.54, 1.807) is 0 Å². The van der Waals surface area contributed by atoms with E-state index in [1.165, 1.54) is 6.07 Å². The summed E-state index contributed by atoms with van der Waals surface area (Å²) in [7, 11) is 0. The maximum absolute atomic E-state index is 12.8. The van der Waals surface area contributed by atoms with Crippen LogP contribution in [-0.4, -0.2) is 11.3 Å². The average Bonchev–Trinajstić information content (AvgIpc) is 2.96. The van der Waals surface area contributed by atoms with Gasteiger partial charge in [-0.05, 0) is 24.8 Å². The van der Waals surface area contributed by atoms with Gasteiger partial charge in [-0.1, -0.05) is 11.6 Å². The first-order valence-electron chi connectivity index (χ1n) is 4.48. The molecule has 1 aromatic heterocycles. The van der Waals surface area contributed by atoms with Crippen molar-refractivity contribution in [1.82, 2.24) is 4.98 Å². The minimum absolute atomic E-state index is 0.0301. The molecule has 1 heterocycles. The first-order valence-corrected chi connectivity index (χ1v) is 4.86. The molecule has 74 valence electrons. The van der Waals surface area contributed by atoms with Crippen molar-refractivity contribution >= 4 is 17.9 Å². The zero-order valence-corrected chi connectivity index (χ0v) is 8.17. The molecule has 0 bridgehead atoms. The van der Waals surface area contributed by atoms with Crippen LogP contribution in [0.15, 0.2) is 12.3 Å². The minimum atomic E-state index is -0.545. The molecule has 1 aromatic rings. The normalized spacial score (nSPS) is 17.9. The average molecular weight is 214 g/mol. The molecule has 0 saturated heterocycles. The molecule has 0 amide bonds. The van der Waals surface area contributed by atoms with Gasteiger partial charge in [-0.2, -0.15) is 0 Å². The van der Waals surface area contributed by atoms with Crippen LogP contribution in [0.5, 0.6) is 0 Å².